The van der Waals surface area contributed by atoms with Crippen molar-refractivity contribution in [3.8, 4) is 5.75 Å². The second kappa shape index (κ2) is 9.21. The number of nitrogens with one attached hydrogen (secondary N) is 1. The third-order valence-electron chi connectivity index (χ3n) is 4.55. The summed E-state index contributed by atoms with van der Waals surface area (Å²) in [6.45, 7) is 0.703. The summed E-state index contributed by atoms with van der Waals surface area (Å²) >= 11 is 0. The average molecular weight is 419 g/mol. The third kappa shape index (κ3) is 5.54. The highest BCUT2D eigenvalue weighted by molar-refractivity contribution is 6.03. The third-order valence-corrected chi connectivity index (χ3v) is 4.55. The molecule has 0 atom stereocenters. The molecule has 0 fully saturated rings. The summed E-state index contributed by atoms with van der Waals surface area (Å²) < 4.78 is 33.5. The Morgan fingerprint density at radius 2 is 1.68 bits per heavy atom. The number of anilines is 1. The molecule has 156 valence electrons. The summed E-state index contributed by atoms with van der Waals surface area (Å²) in [5.74, 6) is 0.0652. The van der Waals surface area contributed by atoms with Crippen molar-refractivity contribution in [3.05, 3.63) is 113 Å². The van der Waals surface area contributed by atoms with Crippen LogP contribution < -0.4 is 10.1 Å². The van der Waals surface area contributed by atoms with E-state index in [4.69, 9.17) is 4.74 Å². The fourth-order valence-corrected chi connectivity index (χ4v) is 2.98. The SMILES string of the molecule is O=C(Nc1ccn(Cc2cccc(F)c2)n1)c1ccc(COc2ccc(F)cc2)cc1. The molecule has 4 rings (SSSR count). The van der Waals surface area contributed by atoms with Crippen LogP contribution in [0, 0.1) is 11.6 Å². The van der Waals surface area contributed by atoms with E-state index < -0.39 is 0 Å². The minimum Gasteiger partial charge on any atom is -0.489 e. The normalized spacial score (nSPS) is 10.6. The van der Waals surface area contributed by atoms with Gasteiger partial charge in [0, 0.05) is 17.8 Å². The molecule has 1 amide bonds. The fraction of sp³-hybridized carbons (Fsp3) is 0.0833. The summed E-state index contributed by atoms with van der Waals surface area (Å²) in [4.78, 5) is 12.5. The fourth-order valence-electron chi connectivity index (χ4n) is 2.98. The molecule has 5 nitrogen and oxygen atoms in total. The predicted octanol–water partition coefficient (Wildman–Crippen LogP) is 5.04. The first-order chi connectivity index (χ1) is 15.0. The number of carbonyl (C=O) groups excluding carboxylic acids is 1. The van der Waals surface area contributed by atoms with Crippen molar-refractivity contribution in [2.24, 2.45) is 0 Å². The van der Waals surface area contributed by atoms with E-state index in [0.717, 1.165) is 11.1 Å². The Morgan fingerprint density at radius 1 is 0.903 bits per heavy atom. The first-order valence-corrected chi connectivity index (χ1v) is 9.62. The molecular weight excluding hydrogens is 400 g/mol. The number of carbonyl (C=O) groups is 1. The monoisotopic (exact) mass is 419 g/mol. The molecule has 0 unspecified atom stereocenters. The number of rotatable bonds is 7. The molecule has 0 aliphatic carbocycles. The van der Waals surface area contributed by atoms with E-state index in [9.17, 15) is 13.6 Å². The van der Waals surface area contributed by atoms with Gasteiger partial charge in [-0.05, 0) is 59.7 Å². The largest absolute Gasteiger partial charge is 0.489 e. The van der Waals surface area contributed by atoms with E-state index in [1.54, 1.807) is 59.4 Å². The van der Waals surface area contributed by atoms with Crippen LogP contribution >= 0.6 is 0 Å². The number of hydrogen-bond donors (Lipinski definition) is 1. The van der Waals surface area contributed by atoms with Crippen LogP contribution in [0.5, 0.6) is 5.75 Å². The second-order valence-electron chi connectivity index (χ2n) is 6.92. The van der Waals surface area contributed by atoms with Crippen LogP contribution in [0.2, 0.25) is 0 Å². The minimum atomic E-state index is -0.318. The van der Waals surface area contributed by atoms with Crippen molar-refractivity contribution >= 4 is 11.7 Å². The van der Waals surface area contributed by atoms with Crippen molar-refractivity contribution < 1.29 is 18.3 Å². The van der Waals surface area contributed by atoms with Crippen molar-refractivity contribution in [3.63, 3.8) is 0 Å². The Morgan fingerprint density at radius 3 is 2.42 bits per heavy atom. The summed E-state index contributed by atoms with van der Waals surface area (Å²) in [6.07, 6.45) is 1.72. The van der Waals surface area contributed by atoms with E-state index in [-0.39, 0.29) is 17.5 Å². The molecule has 0 aliphatic heterocycles. The van der Waals surface area contributed by atoms with Crippen LogP contribution in [0.4, 0.5) is 14.6 Å². The Balaban J connectivity index is 1.32. The lowest BCUT2D eigenvalue weighted by molar-refractivity contribution is 0.102. The molecule has 0 saturated heterocycles. The van der Waals surface area contributed by atoms with Crippen LogP contribution in [0.3, 0.4) is 0 Å². The maximum absolute atomic E-state index is 13.3. The zero-order valence-electron chi connectivity index (χ0n) is 16.5. The number of nitrogens with zero attached hydrogens (tertiary/aromatic N) is 2. The van der Waals surface area contributed by atoms with Crippen LogP contribution in [0.15, 0.2) is 85.1 Å². The maximum Gasteiger partial charge on any atom is 0.256 e. The summed E-state index contributed by atoms with van der Waals surface area (Å²) in [5, 5.41) is 7.05. The van der Waals surface area contributed by atoms with E-state index in [0.29, 0.717) is 30.3 Å². The van der Waals surface area contributed by atoms with Crippen molar-refractivity contribution in [1.29, 1.82) is 0 Å². The lowest BCUT2D eigenvalue weighted by Gasteiger charge is -2.07. The Bertz CT molecular complexity index is 1170. The standard InChI is InChI=1S/C24H19F2N3O2/c25-20-8-10-22(11-9-20)31-16-17-4-6-19(7-5-17)24(30)27-23-12-13-29(28-23)15-18-2-1-3-21(26)14-18/h1-14H,15-16H2,(H,27,28,30). The van der Waals surface area contributed by atoms with E-state index >= 15 is 0 Å². The Labute approximate surface area is 177 Å². The number of ether oxygens (including phenoxy) is 1. The lowest BCUT2D eigenvalue weighted by atomic mass is 10.1. The molecule has 0 spiro atoms. The zero-order valence-corrected chi connectivity index (χ0v) is 16.5. The number of amides is 1. The van der Waals surface area contributed by atoms with Gasteiger partial charge in [-0.25, -0.2) is 8.78 Å². The van der Waals surface area contributed by atoms with Gasteiger partial charge in [0.25, 0.3) is 5.91 Å². The first-order valence-electron chi connectivity index (χ1n) is 9.62. The first kappa shape index (κ1) is 20.3. The second-order valence-corrected chi connectivity index (χ2v) is 6.92. The molecule has 0 aliphatic rings. The van der Waals surface area contributed by atoms with Gasteiger partial charge in [-0.15, -0.1) is 0 Å². The van der Waals surface area contributed by atoms with Crippen molar-refractivity contribution in [2.75, 3.05) is 5.32 Å². The summed E-state index contributed by atoms with van der Waals surface area (Å²) in [5.41, 5.74) is 2.13. The van der Waals surface area contributed by atoms with Gasteiger partial charge < -0.3 is 10.1 Å². The molecule has 0 bridgehead atoms. The summed E-state index contributed by atoms with van der Waals surface area (Å²) in [6, 6.07) is 20.7. The molecule has 3 aromatic carbocycles. The van der Waals surface area contributed by atoms with Gasteiger partial charge in [0.1, 0.15) is 24.0 Å². The van der Waals surface area contributed by atoms with Gasteiger partial charge in [0.2, 0.25) is 0 Å². The number of halogens is 2. The highest BCUT2D eigenvalue weighted by Gasteiger charge is 2.09. The lowest BCUT2D eigenvalue weighted by Crippen LogP contribution is -2.13. The van der Waals surface area contributed by atoms with Gasteiger partial charge in [-0.1, -0.05) is 24.3 Å². The highest BCUT2D eigenvalue weighted by atomic mass is 19.1. The van der Waals surface area contributed by atoms with E-state index in [1.165, 1.54) is 24.3 Å². The molecule has 7 heteroatoms. The van der Waals surface area contributed by atoms with Gasteiger partial charge >= 0.3 is 0 Å². The Kier molecular flexibility index (Phi) is 6.03. The Hall–Kier alpha value is -4.00. The van der Waals surface area contributed by atoms with Gasteiger partial charge in [-0.2, -0.15) is 5.10 Å². The molecule has 31 heavy (non-hydrogen) atoms. The molecule has 1 N–H and O–H groups in total. The smallest absolute Gasteiger partial charge is 0.256 e. The molecule has 1 heterocycles. The molecule has 4 aromatic rings. The van der Waals surface area contributed by atoms with Gasteiger partial charge in [0.05, 0.1) is 6.54 Å². The van der Waals surface area contributed by atoms with E-state index in [2.05, 4.69) is 10.4 Å². The number of hydrogen-bond acceptors (Lipinski definition) is 3. The molecular formula is C24H19F2N3O2. The van der Waals surface area contributed by atoms with Crippen molar-refractivity contribution in [2.45, 2.75) is 13.2 Å². The van der Waals surface area contributed by atoms with Crippen LogP contribution in [0.25, 0.3) is 0 Å². The summed E-state index contributed by atoms with van der Waals surface area (Å²) in [7, 11) is 0. The van der Waals surface area contributed by atoms with Crippen molar-refractivity contribution in [1.82, 2.24) is 9.78 Å². The maximum atomic E-state index is 13.3. The predicted molar refractivity (Wildman–Crippen MR) is 113 cm³/mol. The highest BCUT2D eigenvalue weighted by Crippen LogP contribution is 2.15. The average Bonchev–Trinajstić information content (AvgIpc) is 3.20. The van der Waals surface area contributed by atoms with E-state index in [1.807, 2.05) is 6.07 Å². The zero-order chi connectivity index (χ0) is 21.6. The number of benzene rings is 3. The van der Waals surface area contributed by atoms with Crippen LogP contribution in [-0.4, -0.2) is 15.7 Å². The molecule has 0 radical (unpaired) electrons. The van der Waals surface area contributed by atoms with Gasteiger partial charge in [0.15, 0.2) is 5.82 Å². The minimum absolute atomic E-state index is 0.290. The molecule has 0 saturated carbocycles. The topological polar surface area (TPSA) is 56.2 Å². The van der Waals surface area contributed by atoms with Crippen LogP contribution in [-0.2, 0) is 13.2 Å². The van der Waals surface area contributed by atoms with Gasteiger partial charge in [-0.3, -0.25) is 9.48 Å². The quantitative estimate of drug-likeness (QED) is 0.457. The molecule has 1 aromatic heterocycles. The number of aromatic nitrogens is 2. The van der Waals surface area contributed by atoms with Crippen LogP contribution in [0.1, 0.15) is 21.5 Å².